The van der Waals surface area contributed by atoms with Gasteiger partial charge in [-0.15, -0.1) is 0 Å². The van der Waals surface area contributed by atoms with Crippen LogP contribution in [-0.4, -0.2) is 21.6 Å². The lowest BCUT2D eigenvalue weighted by molar-refractivity contribution is -0.119. The number of anilines is 2. The van der Waals surface area contributed by atoms with Crippen molar-refractivity contribution in [2.24, 2.45) is 0 Å². The monoisotopic (exact) mass is 388 g/mol. The standard InChI is InChI=1S/C20H25ClN4O2/c1-6-7-12(2)19(26)22-16-8-9-18(17(21)11-16)23-20(27)15(5)25-14(4)10-13(3)24-25/h7-11,15H,6H2,1-5H3,(H,22,26)(H,23,27)/b12-7-. The number of rotatable bonds is 6. The molecular formula is C20H25ClN4O2. The maximum Gasteiger partial charge on any atom is 0.250 e. The van der Waals surface area contributed by atoms with Crippen LogP contribution in [0, 0.1) is 13.8 Å². The van der Waals surface area contributed by atoms with Crippen molar-refractivity contribution < 1.29 is 9.59 Å². The molecule has 0 bridgehead atoms. The van der Waals surface area contributed by atoms with Gasteiger partial charge in [0, 0.05) is 17.0 Å². The number of carbonyl (C=O) groups is 2. The fourth-order valence-electron chi connectivity index (χ4n) is 2.71. The van der Waals surface area contributed by atoms with Crippen molar-refractivity contribution in [3.63, 3.8) is 0 Å². The average Bonchev–Trinajstić information content (AvgIpc) is 2.94. The molecule has 0 saturated heterocycles. The van der Waals surface area contributed by atoms with E-state index >= 15 is 0 Å². The van der Waals surface area contributed by atoms with E-state index in [1.165, 1.54) is 0 Å². The molecule has 1 unspecified atom stereocenters. The summed E-state index contributed by atoms with van der Waals surface area (Å²) >= 11 is 6.28. The van der Waals surface area contributed by atoms with E-state index in [0.29, 0.717) is 22.0 Å². The third-order valence-electron chi connectivity index (χ3n) is 4.14. The van der Waals surface area contributed by atoms with Crippen LogP contribution in [0.4, 0.5) is 11.4 Å². The number of aromatic nitrogens is 2. The summed E-state index contributed by atoms with van der Waals surface area (Å²) in [6.45, 7) is 9.30. The van der Waals surface area contributed by atoms with Crippen molar-refractivity contribution in [1.29, 1.82) is 0 Å². The SMILES string of the molecule is CC/C=C(/C)C(=O)Nc1ccc(NC(=O)C(C)n2nc(C)cc2C)c(Cl)c1. The van der Waals surface area contributed by atoms with E-state index in [9.17, 15) is 9.59 Å². The summed E-state index contributed by atoms with van der Waals surface area (Å²) in [6.07, 6.45) is 2.64. The Morgan fingerprint density at radius 1 is 1.26 bits per heavy atom. The highest BCUT2D eigenvalue weighted by molar-refractivity contribution is 6.34. The molecule has 1 aromatic heterocycles. The lowest BCUT2D eigenvalue weighted by atomic mass is 10.2. The van der Waals surface area contributed by atoms with E-state index in [2.05, 4.69) is 15.7 Å². The van der Waals surface area contributed by atoms with Gasteiger partial charge in [0.2, 0.25) is 5.91 Å². The van der Waals surface area contributed by atoms with Crippen molar-refractivity contribution in [1.82, 2.24) is 9.78 Å². The molecule has 1 heterocycles. The van der Waals surface area contributed by atoms with E-state index in [-0.39, 0.29) is 11.8 Å². The summed E-state index contributed by atoms with van der Waals surface area (Å²) in [5.41, 5.74) is 3.46. The summed E-state index contributed by atoms with van der Waals surface area (Å²) in [5, 5.41) is 10.3. The second kappa shape index (κ2) is 8.86. The van der Waals surface area contributed by atoms with Gasteiger partial charge < -0.3 is 10.6 Å². The zero-order valence-electron chi connectivity index (χ0n) is 16.3. The topological polar surface area (TPSA) is 76.0 Å². The van der Waals surface area contributed by atoms with E-state index < -0.39 is 6.04 Å². The zero-order valence-corrected chi connectivity index (χ0v) is 17.0. The van der Waals surface area contributed by atoms with E-state index in [1.807, 2.05) is 32.9 Å². The minimum absolute atomic E-state index is 0.178. The van der Waals surface area contributed by atoms with Crippen LogP contribution in [0.3, 0.4) is 0 Å². The van der Waals surface area contributed by atoms with Gasteiger partial charge >= 0.3 is 0 Å². The minimum atomic E-state index is -0.476. The molecule has 0 aliphatic carbocycles. The molecule has 0 aliphatic rings. The summed E-state index contributed by atoms with van der Waals surface area (Å²) < 4.78 is 1.68. The predicted molar refractivity (Wildman–Crippen MR) is 109 cm³/mol. The molecule has 27 heavy (non-hydrogen) atoms. The third kappa shape index (κ3) is 5.20. The molecule has 6 nitrogen and oxygen atoms in total. The highest BCUT2D eigenvalue weighted by Crippen LogP contribution is 2.27. The van der Waals surface area contributed by atoms with Gasteiger partial charge in [-0.2, -0.15) is 5.10 Å². The molecule has 0 aliphatic heterocycles. The lowest BCUT2D eigenvalue weighted by Gasteiger charge is -2.16. The lowest BCUT2D eigenvalue weighted by Crippen LogP contribution is -2.25. The first-order chi connectivity index (χ1) is 12.7. The van der Waals surface area contributed by atoms with Crippen LogP contribution in [0.15, 0.2) is 35.9 Å². The van der Waals surface area contributed by atoms with Gasteiger partial charge in [0.25, 0.3) is 5.91 Å². The van der Waals surface area contributed by atoms with E-state index in [0.717, 1.165) is 17.8 Å². The number of hydrogen-bond donors (Lipinski definition) is 2. The van der Waals surface area contributed by atoms with Crippen molar-refractivity contribution in [3.8, 4) is 0 Å². The van der Waals surface area contributed by atoms with Gasteiger partial charge in [0.05, 0.1) is 16.4 Å². The molecular weight excluding hydrogens is 364 g/mol. The molecule has 2 aromatic rings. The van der Waals surface area contributed by atoms with Gasteiger partial charge in [-0.3, -0.25) is 14.3 Å². The van der Waals surface area contributed by atoms with Crippen LogP contribution < -0.4 is 10.6 Å². The van der Waals surface area contributed by atoms with Gasteiger partial charge in [0.15, 0.2) is 0 Å². The zero-order chi connectivity index (χ0) is 20.1. The first-order valence-electron chi connectivity index (χ1n) is 8.84. The van der Waals surface area contributed by atoms with Gasteiger partial charge in [-0.25, -0.2) is 0 Å². The summed E-state index contributed by atoms with van der Waals surface area (Å²) in [7, 11) is 0. The Morgan fingerprint density at radius 2 is 1.96 bits per heavy atom. The van der Waals surface area contributed by atoms with Crippen molar-refractivity contribution in [2.75, 3.05) is 10.6 Å². The normalized spacial score (nSPS) is 12.6. The number of hydrogen-bond acceptors (Lipinski definition) is 3. The van der Waals surface area contributed by atoms with Crippen LogP contribution in [0.5, 0.6) is 0 Å². The van der Waals surface area contributed by atoms with Crippen LogP contribution in [0.1, 0.15) is 44.6 Å². The third-order valence-corrected chi connectivity index (χ3v) is 4.46. The molecule has 1 aromatic carbocycles. The number of amides is 2. The quantitative estimate of drug-likeness (QED) is 0.707. The smallest absolute Gasteiger partial charge is 0.250 e. The van der Waals surface area contributed by atoms with Crippen molar-refractivity contribution in [3.05, 3.63) is 52.3 Å². The number of nitrogens with zero attached hydrogens (tertiary/aromatic N) is 2. The average molecular weight is 389 g/mol. The summed E-state index contributed by atoms with van der Waals surface area (Å²) in [5.74, 6) is -0.399. The van der Waals surface area contributed by atoms with Crippen LogP contribution in [-0.2, 0) is 9.59 Å². The molecule has 1 atom stereocenters. The second-order valence-corrected chi connectivity index (χ2v) is 6.89. The number of carbonyl (C=O) groups excluding carboxylic acids is 2. The fourth-order valence-corrected chi connectivity index (χ4v) is 2.94. The number of allylic oxidation sites excluding steroid dienone is 1. The largest absolute Gasteiger partial charge is 0.323 e. The Morgan fingerprint density at radius 3 is 2.52 bits per heavy atom. The molecule has 0 spiro atoms. The number of benzene rings is 1. The van der Waals surface area contributed by atoms with Gasteiger partial charge in [-0.05, 0) is 58.4 Å². The minimum Gasteiger partial charge on any atom is -0.323 e. The maximum atomic E-state index is 12.5. The van der Waals surface area contributed by atoms with Gasteiger partial charge in [0.1, 0.15) is 6.04 Å². The van der Waals surface area contributed by atoms with E-state index in [4.69, 9.17) is 11.6 Å². The highest BCUT2D eigenvalue weighted by Gasteiger charge is 2.19. The Labute approximate surface area is 164 Å². The summed E-state index contributed by atoms with van der Waals surface area (Å²) in [6, 6.07) is 6.43. The highest BCUT2D eigenvalue weighted by atomic mass is 35.5. The summed E-state index contributed by atoms with van der Waals surface area (Å²) in [4.78, 5) is 24.6. The van der Waals surface area contributed by atoms with Crippen LogP contribution in [0.25, 0.3) is 0 Å². The number of aryl methyl sites for hydroxylation is 2. The molecule has 0 radical (unpaired) electrons. The predicted octanol–water partition coefficient (Wildman–Crippen LogP) is 4.65. The second-order valence-electron chi connectivity index (χ2n) is 6.48. The van der Waals surface area contributed by atoms with Crippen LogP contribution in [0.2, 0.25) is 5.02 Å². The molecule has 2 amide bonds. The first kappa shape index (κ1) is 20.7. The number of halogens is 1. The molecule has 2 N–H and O–H groups in total. The number of nitrogens with one attached hydrogen (secondary N) is 2. The van der Waals surface area contributed by atoms with Crippen molar-refractivity contribution >= 4 is 34.8 Å². The fraction of sp³-hybridized carbons (Fsp3) is 0.350. The molecule has 2 rings (SSSR count). The Hall–Kier alpha value is -2.60. The van der Waals surface area contributed by atoms with Gasteiger partial charge in [-0.1, -0.05) is 24.6 Å². The Kier molecular flexibility index (Phi) is 6.80. The molecule has 7 heteroatoms. The maximum absolute atomic E-state index is 12.5. The molecule has 0 fully saturated rings. The Balaban J connectivity index is 2.09. The van der Waals surface area contributed by atoms with Crippen LogP contribution >= 0.6 is 11.6 Å². The Bertz CT molecular complexity index is 886. The van der Waals surface area contributed by atoms with Crippen molar-refractivity contribution in [2.45, 2.75) is 47.1 Å². The van der Waals surface area contributed by atoms with E-state index in [1.54, 1.807) is 36.7 Å². The molecule has 144 valence electrons. The first-order valence-corrected chi connectivity index (χ1v) is 9.22. The molecule has 0 saturated carbocycles.